The van der Waals surface area contributed by atoms with Gasteiger partial charge in [-0.1, -0.05) is 0 Å². The van der Waals surface area contributed by atoms with Gasteiger partial charge in [0, 0.05) is 17.3 Å². The highest BCUT2D eigenvalue weighted by atomic mass is 32.1. The Morgan fingerprint density at radius 3 is 2.89 bits per heavy atom. The molecule has 0 unspecified atom stereocenters. The standard InChI is InChI=1S/C13H14N2O3S/c1-3-18-13(17)11-8(2)14-6-10(11)15-12(16)9-4-5-19-7-9/h4-7,14H,3H2,1-2H3,(H,15,16). The summed E-state index contributed by atoms with van der Waals surface area (Å²) in [5.74, 6) is -0.687. The van der Waals surface area contributed by atoms with Gasteiger partial charge in [-0.25, -0.2) is 4.79 Å². The molecule has 0 aliphatic carbocycles. The van der Waals surface area contributed by atoms with E-state index >= 15 is 0 Å². The number of nitrogens with one attached hydrogen (secondary N) is 2. The summed E-state index contributed by atoms with van der Waals surface area (Å²) >= 11 is 1.44. The van der Waals surface area contributed by atoms with Crippen LogP contribution in [0.5, 0.6) is 0 Å². The van der Waals surface area contributed by atoms with Gasteiger partial charge in [0.15, 0.2) is 0 Å². The first-order chi connectivity index (χ1) is 9.13. The Kier molecular flexibility index (Phi) is 4.01. The lowest BCUT2D eigenvalue weighted by atomic mass is 10.2. The number of carbonyl (C=O) groups is 2. The summed E-state index contributed by atoms with van der Waals surface area (Å²) in [6.45, 7) is 3.79. The Labute approximate surface area is 114 Å². The van der Waals surface area contributed by atoms with Crippen LogP contribution in [0.4, 0.5) is 5.69 Å². The molecule has 100 valence electrons. The van der Waals surface area contributed by atoms with Crippen molar-refractivity contribution in [1.29, 1.82) is 0 Å². The van der Waals surface area contributed by atoms with Gasteiger partial charge in [-0.3, -0.25) is 4.79 Å². The summed E-state index contributed by atoms with van der Waals surface area (Å²) in [6, 6.07) is 1.73. The second-order valence-corrected chi connectivity index (χ2v) is 4.67. The minimum atomic E-state index is -0.443. The molecule has 0 atom stereocenters. The van der Waals surface area contributed by atoms with Gasteiger partial charge in [0.2, 0.25) is 0 Å². The molecule has 2 aromatic rings. The monoisotopic (exact) mass is 278 g/mol. The second-order valence-electron chi connectivity index (χ2n) is 3.89. The van der Waals surface area contributed by atoms with E-state index in [9.17, 15) is 9.59 Å². The van der Waals surface area contributed by atoms with Crippen LogP contribution in [0.3, 0.4) is 0 Å². The predicted molar refractivity (Wildman–Crippen MR) is 73.8 cm³/mol. The van der Waals surface area contributed by atoms with Gasteiger partial charge in [-0.2, -0.15) is 11.3 Å². The van der Waals surface area contributed by atoms with Crippen molar-refractivity contribution < 1.29 is 14.3 Å². The van der Waals surface area contributed by atoms with Crippen molar-refractivity contribution in [3.05, 3.63) is 39.8 Å². The van der Waals surface area contributed by atoms with E-state index in [2.05, 4.69) is 10.3 Å². The number of rotatable bonds is 4. The summed E-state index contributed by atoms with van der Waals surface area (Å²) in [7, 11) is 0. The van der Waals surface area contributed by atoms with Crippen LogP contribution in [-0.4, -0.2) is 23.5 Å². The van der Waals surface area contributed by atoms with Crippen molar-refractivity contribution >= 4 is 28.9 Å². The fourth-order valence-electron chi connectivity index (χ4n) is 1.68. The van der Waals surface area contributed by atoms with Crippen LogP contribution < -0.4 is 5.32 Å². The minimum absolute atomic E-state index is 0.245. The molecule has 6 heteroatoms. The highest BCUT2D eigenvalue weighted by Gasteiger charge is 2.19. The first-order valence-corrected chi connectivity index (χ1v) is 6.76. The molecule has 0 fully saturated rings. The maximum Gasteiger partial charge on any atom is 0.342 e. The molecule has 1 amide bonds. The van der Waals surface area contributed by atoms with Crippen molar-refractivity contribution in [2.45, 2.75) is 13.8 Å². The van der Waals surface area contributed by atoms with Crippen LogP contribution in [0.1, 0.15) is 33.3 Å². The second kappa shape index (κ2) is 5.71. The van der Waals surface area contributed by atoms with Gasteiger partial charge in [-0.05, 0) is 25.3 Å². The van der Waals surface area contributed by atoms with Crippen LogP contribution in [-0.2, 0) is 4.74 Å². The number of aromatic nitrogens is 1. The van der Waals surface area contributed by atoms with Crippen molar-refractivity contribution in [3.8, 4) is 0 Å². The number of thiophene rings is 1. The Hall–Kier alpha value is -2.08. The van der Waals surface area contributed by atoms with Gasteiger partial charge >= 0.3 is 5.97 Å². The Morgan fingerprint density at radius 1 is 1.47 bits per heavy atom. The molecule has 0 aliphatic rings. The summed E-state index contributed by atoms with van der Waals surface area (Å²) in [5, 5.41) is 6.28. The molecule has 2 aromatic heterocycles. The quantitative estimate of drug-likeness (QED) is 0.845. The number of hydrogen-bond acceptors (Lipinski definition) is 4. The molecule has 0 aromatic carbocycles. The molecule has 0 saturated heterocycles. The minimum Gasteiger partial charge on any atom is -0.462 e. The molecular weight excluding hydrogens is 264 g/mol. The average molecular weight is 278 g/mol. The van der Waals surface area contributed by atoms with E-state index in [-0.39, 0.29) is 5.91 Å². The summed E-state index contributed by atoms with van der Waals surface area (Å²) in [6.07, 6.45) is 1.59. The molecule has 0 spiro atoms. The number of aromatic amines is 1. The number of hydrogen-bond donors (Lipinski definition) is 2. The summed E-state index contributed by atoms with van der Waals surface area (Å²) < 4.78 is 4.97. The third-order valence-electron chi connectivity index (χ3n) is 2.59. The SMILES string of the molecule is CCOC(=O)c1c(NC(=O)c2ccsc2)c[nH]c1C. The van der Waals surface area contributed by atoms with E-state index < -0.39 is 5.97 Å². The van der Waals surface area contributed by atoms with Gasteiger partial charge in [0.25, 0.3) is 5.91 Å². The molecule has 0 aliphatic heterocycles. The van der Waals surface area contributed by atoms with Crippen LogP contribution in [0.15, 0.2) is 23.0 Å². The number of amides is 1. The highest BCUT2D eigenvalue weighted by Crippen LogP contribution is 2.21. The van der Waals surface area contributed by atoms with E-state index in [0.717, 1.165) is 0 Å². The average Bonchev–Trinajstić information content (AvgIpc) is 2.99. The third-order valence-corrected chi connectivity index (χ3v) is 3.27. The van der Waals surface area contributed by atoms with Crippen LogP contribution in [0.25, 0.3) is 0 Å². The fourth-order valence-corrected chi connectivity index (χ4v) is 2.32. The zero-order chi connectivity index (χ0) is 13.8. The zero-order valence-corrected chi connectivity index (χ0v) is 11.5. The number of carbonyl (C=O) groups excluding carboxylic acids is 2. The summed E-state index contributed by atoms with van der Waals surface area (Å²) in [5.41, 5.74) is 2.04. The first-order valence-electron chi connectivity index (χ1n) is 5.82. The summed E-state index contributed by atoms with van der Waals surface area (Å²) in [4.78, 5) is 26.7. The van der Waals surface area contributed by atoms with Gasteiger partial charge in [0.1, 0.15) is 5.56 Å². The Bertz CT molecular complexity index is 587. The molecule has 0 bridgehead atoms. The van der Waals surface area contributed by atoms with E-state index in [1.807, 2.05) is 5.38 Å². The Balaban J connectivity index is 2.21. The fraction of sp³-hybridized carbons (Fsp3) is 0.231. The molecule has 0 saturated carbocycles. The third kappa shape index (κ3) is 2.85. The maximum absolute atomic E-state index is 11.9. The van der Waals surface area contributed by atoms with Crippen LogP contribution in [0.2, 0.25) is 0 Å². The smallest absolute Gasteiger partial charge is 0.342 e. The van der Waals surface area contributed by atoms with E-state index in [1.165, 1.54) is 11.3 Å². The van der Waals surface area contributed by atoms with E-state index in [1.54, 1.807) is 31.5 Å². The van der Waals surface area contributed by atoms with Crippen LogP contribution >= 0.6 is 11.3 Å². The van der Waals surface area contributed by atoms with Crippen molar-refractivity contribution in [2.75, 3.05) is 11.9 Å². The van der Waals surface area contributed by atoms with Crippen LogP contribution in [0, 0.1) is 6.92 Å². The number of esters is 1. The maximum atomic E-state index is 11.9. The van der Waals surface area contributed by atoms with Gasteiger partial charge < -0.3 is 15.0 Å². The number of anilines is 1. The van der Waals surface area contributed by atoms with Crippen molar-refractivity contribution in [3.63, 3.8) is 0 Å². The Morgan fingerprint density at radius 2 is 2.26 bits per heavy atom. The molecule has 2 rings (SSSR count). The molecule has 5 nitrogen and oxygen atoms in total. The topological polar surface area (TPSA) is 71.2 Å². The number of aryl methyl sites for hydroxylation is 1. The normalized spacial score (nSPS) is 10.2. The predicted octanol–water partition coefficient (Wildman–Crippen LogP) is 2.81. The number of H-pyrrole nitrogens is 1. The molecule has 2 heterocycles. The van der Waals surface area contributed by atoms with Crippen molar-refractivity contribution in [1.82, 2.24) is 4.98 Å². The molecule has 2 N–H and O–H groups in total. The lowest BCUT2D eigenvalue weighted by Gasteiger charge is -2.06. The van der Waals surface area contributed by atoms with E-state index in [0.29, 0.717) is 29.1 Å². The number of ether oxygens (including phenoxy) is 1. The highest BCUT2D eigenvalue weighted by molar-refractivity contribution is 7.08. The largest absolute Gasteiger partial charge is 0.462 e. The van der Waals surface area contributed by atoms with Crippen molar-refractivity contribution in [2.24, 2.45) is 0 Å². The molecule has 19 heavy (non-hydrogen) atoms. The van der Waals surface area contributed by atoms with E-state index in [4.69, 9.17) is 4.74 Å². The lowest BCUT2D eigenvalue weighted by Crippen LogP contribution is -2.14. The van der Waals surface area contributed by atoms with Gasteiger partial charge in [-0.15, -0.1) is 0 Å². The zero-order valence-electron chi connectivity index (χ0n) is 10.6. The molecular formula is C13H14N2O3S. The molecule has 0 radical (unpaired) electrons. The lowest BCUT2D eigenvalue weighted by molar-refractivity contribution is 0.0527. The first kappa shape index (κ1) is 13.4. The van der Waals surface area contributed by atoms with Gasteiger partial charge in [0.05, 0.1) is 17.9 Å².